The average molecular weight is 203 g/mol. The molecule has 0 fully saturated rings. The average Bonchev–Trinajstić information content (AvgIpc) is 1.62. The molecule has 0 saturated heterocycles. The van der Waals surface area contributed by atoms with E-state index in [1.165, 1.54) is 0 Å². The Morgan fingerprint density at radius 1 is 1.10 bits per heavy atom. The second kappa shape index (κ2) is 2.70. The van der Waals surface area contributed by atoms with Crippen LogP contribution in [0, 0.1) is 0 Å². The van der Waals surface area contributed by atoms with Gasteiger partial charge in [0.1, 0.15) is 0 Å². The highest BCUT2D eigenvalue weighted by molar-refractivity contribution is 6.31. The number of hydrogen-bond acceptors (Lipinski definition) is 0. The third kappa shape index (κ3) is 1.85. The lowest BCUT2D eigenvalue weighted by molar-refractivity contribution is -0.206. The van der Waals surface area contributed by atoms with Crippen LogP contribution in [-0.2, 0) is 0 Å². The summed E-state index contributed by atoms with van der Waals surface area (Å²) >= 11 is 8.21. The van der Waals surface area contributed by atoms with E-state index in [0.29, 0.717) is 0 Å². The molecule has 0 aromatic rings. The van der Waals surface area contributed by atoms with Crippen molar-refractivity contribution in [2.45, 2.75) is 16.9 Å². The Hall–Kier alpha value is 0.230. The van der Waals surface area contributed by atoms with Crippen LogP contribution in [0.25, 0.3) is 0 Å². The van der Waals surface area contributed by atoms with Gasteiger partial charge in [-0.1, -0.05) is 23.2 Å². The molecular formula is C3HCl2F5. The summed E-state index contributed by atoms with van der Waals surface area (Å²) < 4.78 is 57.1. The van der Waals surface area contributed by atoms with E-state index in [9.17, 15) is 22.0 Å². The van der Waals surface area contributed by atoms with Gasteiger partial charge in [0.25, 0.3) is 0 Å². The van der Waals surface area contributed by atoms with Gasteiger partial charge in [-0.3, -0.25) is 0 Å². The summed E-state index contributed by atoms with van der Waals surface area (Å²) in [6.45, 7) is 0. The Bertz CT molecular complexity index is 117. The number of hydrogen-bond donors (Lipinski definition) is 0. The molecule has 0 aliphatic rings. The SMILES string of the molecule is F[C@@H](Cl)[C@@](F)(Cl)C(F)(F)F. The smallest absolute Gasteiger partial charge is 0.225 e. The Morgan fingerprint density at radius 3 is 1.40 bits per heavy atom. The second-order valence-corrected chi connectivity index (χ2v) is 2.35. The molecule has 0 radical (unpaired) electrons. The summed E-state index contributed by atoms with van der Waals surface area (Å²) in [5.41, 5.74) is -3.30. The normalized spacial score (nSPS) is 21.9. The third-order valence-corrected chi connectivity index (χ3v) is 1.47. The zero-order chi connectivity index (χ0) is 8.58. The fourth-order valence-electron chi connectivity index (χ4n) is 0.124. The van der Waals surface area contributed by atoms with Crippen LogP contribution in [0.3, 0.4) is 0 Å². The van der Waals surface area contributed by atoms with Crippen LogP contribution in [0.2, 0.25) is 0 Å². The molecule has 0 heterocycles. The van der Waals surface area contributed by atoms with Crippen molar-refractivity contribution < 1.29 is 22.0 Å². The topological polar surface area (TPSA) is 0 Å². The van der Waals surface area contributed by atoms with E-state index < -0.39 is 16.9 Å². The molecule has 0 amide bonds. The van der Waals surface area contributed by atoms with E-state index in [1.54, 1.807) is 0 Å². The minimum Gasteiger partial charge on any atom is -0.225 e. The largest absolute Gasteiger partial charge is 0.441 e. The molecule has 0 aromatic heterocycles. The molecule has 10 heavy (non-hydrogen) atoms. The van der Waals surface area contributed by atoms with Crippen molar-refractivity contribution in [3.63, 3.8) is 0 Å². The molecule has 0 aliphatic carbocycles. The summed E-state index contributed by atoms with van der Waals surface area (Å²) in [6.07, 6.45) is -5.49. The highest BCUT2D eigenvalue weighted by atomic mass is 35.5. The molecule has 62 valence electrons. The fourth-order valence-corrected chi connectivity index (χ4v) is 0.247. The van der Waals surface area contributed by atoms with Crippen molar-refractivity contribution in [3.8, 4) is 0 Å². The molecule has 0 aromatic carbocycles. The van der Waals surface area contributed by atoms with Crippen molar-refractivity contribution in [2.24, 2.45) is 0 Å². The van der Waals surface area contributed by atoms with E-state index in [2.05, 4.69) is 23.2 Å². The first kappa shape index (κ1) is 10.2. The maximum absolute atomic E-state index is 11.9. The van der Waals surface area contributed by atoms with Crippen molar-refractivity contribution in [1.82, 2.24) is 0 Å². The molecule has 0 bridgehead atoms. The van der Waals surface area contributed by atoms with Gasteiger partial charge in [0.2, 0.25) is 5.63 Å². The van der Waals surface area contributed by atoms with Gasteiger partial charge < -0.3 is 0 Å². The van der Waals surface area contributed by atoms with Crippen LogP contribution in [0.5, 0.6) is 0 Å². The van der Waals surface area contributed by atoms with E-state index in [-0.39, 0.29) is 0 Å². The number of rotatable bonds is 1. The first-order valence-electron chi connectivity index (χ1n) is 1.92. The third-order valence-electron chi connectivity index (χ3n) is 0.652. The van der Waals surface area contributed by atoms with Crippen LogP contribution in [-0.4, -0.2) is 16.9 Å². The van der Waals surface area contributed by atoms with Gasteiger partial charge in [0.15, 0.2) is 0 Å². The van der Waals surface area contributed by atoms with Crippen LogP contribution in [0.4, 0.5) is 22.0 Å². The quantitative estimate of drug-likeness (QED) is 0.453. The molecule has 0 saturated carbocycles. The van der Waals surface area contributed by atoms with Gasteiger partial charge >= 0.3 is 11.3 Å². The molecule has 0 unspecified atom stereocenters. The van der Waals surface area contributed by atoms with E-state index in [1.807, 2.05) is 0 Å². The Labute approximate surface area is 62.9 Å². The van der Waals surface area contributed by atoms with Crippen molar-refractivity contribution in [1.29, 1.82) is 0 Å². The molecular weight excluding hydrogens is 202 g/mol. The van der Waals surface area contributed by atoms with Crippen LogP contribution >= 0.6 is 23.2 Å². The fraction of sp³-hybridized carbons (Fsp3) is 1.00. The monoisotopic (exact) mass is 202 g/mol. The minimum atomic E-state index is -5.49. The van der Waals surface area contributed by atoms with Crippen molar-refractivity contribution in [2.75, 3.05) is 0 Å². The summed E-state index contributed by atoms with van der Waals surface area (Å²) in [5, 5.41) is -4.49. The molecule has 0 spiro atoms. The lowest BCUT2D eigenvalue weighted by Crippen LogP contribution is -2.41. The number of halogens is 7. The van der Waals surface area contributed by atoms with E-state index in [4.69, 9.17) is 0 Å². The predicted octanol–water partition coefficient (Wildman–Crippen LogP) is 2.99. The highest BCUT2D eigenvalue weighted by Gasteiger charge is 2.60. The van der Waals surface area contributed by atoms with Crippen LogP contribution in [0.1, 0.15) is 0 Å². The van der Waals surface area contributed by atoms with E-state index in [0.717, 1.165) is 0 Å². The first-order chi connectivity index (χ1) is 4.19. The van der Waals surface area contributed by atoms with Crippen molar-refractivity contribution in [3.05, 3.63) is 0 Å². The first-order valence-corrected chi connectivity index (χ1v) is 2.73. The molecule has 7 heteroatoms. The zero-order valence-corrected chi connectivity index (χ0v) is 5.73. The zero-order valence-electron chi connectivity index (χ0n) is 4.22. The minimum absolute atomic E-state index is 3.30. The van der Waals surface area contributed by atoms with Gasteiger partial charge in [-0.05, 0) is 0 Å². The molecule has 0 nitrogen and oxygen atoms in total. The Morgan fingerprint density at radius 2 is 1.40 bits per heavy atom. The summed E-state index contributed by atoms with van der Waals surface area (Å²) in [6, 6.07) is 0. The Balaban J connectivity index is 4.40. The van der Waals surface area contributed by atoms with Crippen LogP contribution < -0.4 is 0 Å². The van der Waals surface area contributed by atoms with Crippen LogP contribution in [0.15, 0.2) is 0 Å². The van der Waals surface area contributed by atoms with Gasteiger partial charge in [-0.15, -0.1) is 0 Å². The lowest BCUT2D eigenvalue weighted by Gasteiger charge is -2.20. The Kier molecular flexibility index (Phi) is 2.76. The summed E-state index contributed by atoms with van der Waals surface area (Å²) in [4.78, 5) is 0. The maximum Gasteiger partial charge on any atom is 0.441 e. The molecule has 0 rings (SSSR count). The van der Waals surface area contributed by atoms with Gasteiger partial charge in [-0.2, -0.15) is 13.2 Å². The van der Waals surface area contributed by atoms with Gasteiger partial charge in [0.05, 0.1) is 0 Å². The van der Waals surface area contributed by atoms with Gasteiger partial charge in [-0.25, -0.2) is 8.78 Å². The van der Waals surface area contributed by atoms with Crippen molar-refractivity contribution >= 4 is 23.2 Å². The lowest BCUT2D eigenvalue weighted by atomic mass is 10.4. The maximum atomic E-state index is 11.9. The number of alkyl halides is 7. The molecule has 0 aliphatic heterocycles. The standard InChI is InChI=1S/C3HCl2F5/c4-1(6)2(5,7)3(8,9)10/h1H/t1-,2+/m1/s1. The second-order valence-electron chi connectivity index (χ2n) is 1.42. The molecule has 2 atom stereocenters. The predicted molar refractivity (Wildman–Crippen MR) is 26.5 cm³/mol. The van der Waals surface area contributed by atoms with E-state index >= 15 is 0 Å². The molecule has 0 N–H and O–H groups in total. The highest BCUT2D eigenvalue weighted by Crippen LogP contribution is 2.42. The summed E-state index contributed by atoms with van der Waals surface area (Å²) in [7, 11) is 0. The van der Waals surface area contributed by atoms with Gasteiger partial charge in [0, 0.05) is 0 Å². The summed E-state index contributed by atoms with van der Waals surface area (Å²) in [5.74, 6) is 0.